The first-order valence-corrected chi connectivity index (χ1v) is 7.42. The van der Waals surface area contributed by atoms with Gasteiger partial charge in [0, 0.05) is 24.7 Å². The van der Waals surface area contributed by atoms with Gasteiger partial charge in [0.15, 0.2) is 0 Å². The third-order valence-corrected chi connectivity index (χ3v) is 4.82. The summed E-state index contributed by atoms with van der Waals surface area (Å²) in [5.74, 6) is -0.139. The smallest absolute Gasteiger partial charge is 0.123 e. The second kappa shape index (κ2) is 5.59. The minimum absolute atomic E-state index is 0.139. The van der Waals surface area contributed by atoms with Crippen LogP contribution in [0.2, 0.25) is 0 Å². The molecule has 2 heterocycles. The highest BCUT2D eigenvalue weighted by Gasteiger charge is 2.35. The van der Waals surface area contributed by atoms with E-state index in [0.717, 1.165) is 24.2 Å². The molecule has 1 aromatic rings. The molecule has 2 nitrogen and oxygen atoms in total. The van der Waals surface area contributed by atoms with Crippen molar-refractivity contribution < 1.29 is 4.39 Å². The van der Waals surface area contributed by atoms with Gasteiger partial charge in [0.1, 0.15) is 5.82 Å². The lowest BCUT2D eigenvalue weighted by molar-refractivity contribution is 0.0482. The number of fused-ring (bicyclic) bond motifs is 2. The largest absolute Gasteiger partial charge is 0.310 e. The van der Waals surface area contributed by atoms with Gasteiger partial charge < -0.3 is 10.2 Å². The van der Waals surface area contributed by atoms with E-state index in [1.807, 2.05) is 6.07 Å². The summed E-state index contributed by atoms with van der Waals surface area (Å²) < 4.78 is 13.1. The van der Waals surface area contributed by atoms with Crippen molar-refractivity contribution in [3.8, 4) is 0 Å². The van der Waals surface area contributed by atoms with Crippen molar-refractivity contribution in [3.63, 3.8) is 0 Å². The van der Waals surface area contributed by atoms with Gasteiger partial charge in [0.2, 0.25) is 0 Å². The number of piperidine rings is 2. The van der Waals surface area contributed by atoms with Crippen molar-refractivity contribution >= 4 is 0 Å². The molecule has 2 aliphatic rings. The zero-order valence-corrected chi connectivity index (χ0v) is 11.6. The molecule has 0 aromatic heterocycles. The highest BCUT2D eigenvalue weighted by atomic mass is 19.1. The topological polar surface area (TPSA) is 15.3 Å². The van der Waals surface area contributed by atoms with Crippen LogP contribution in [0.5, 0.6) is 0 Å². The number of nitrogens with zero attached hydrogens (tertiary/aromatic N) is 1. The summed E-state index contributed by atoms with van der Waals surface area (Å²) in [6, 6.07) is 9.00. The predicted molar refractivity (Wildman–Crippen MR) is 75.5 cm³/mol. The molecule has 0 radical (unpaired) electrons. The maximum Gasteiger partial charge on any atom is 0.123 e. The molecule has 2 unspecified atom stereocenters. The molecule has 0 amide bonds. The molecule has 3 heteroatoms. The van der Waals surface area contributed by atoms with Crippen LogP contribution >= 0.6 is 0 Å². The van der Waals surface area contributed by atoms with Crippen LogP contribution in [0, 0.1) is 5.82 Å². The third-order valence-electron chi connectivity index (χ3n) is 4.82. The lowest BCUT2D eigenvalue weighted by Crippen LogP contribution is -2.54. The molecular weight excluding hydrogens is 239 g/mol. The first kappa shape index (κ1) is 13.1. The molecule has 1 aromatic carbocycles. The second-order valence-corrected chi connectivity index (χ2v) is 6.08. The molecule has 1 N–H and O–H groups in total. The van der Waals surface area contributed by atoms with Gasteiger partial charge >= 0.3 is 0 Å². The van der Waals surface area contributed by atoms with E-state index >= 15 is 0 Å². The predicted octanol–water partition coefficient (Wildman–Crippen LogP) is 2.93. The molecule has 2 aliphatic heterocycles. The molecule has 2 atom stereocenters. The summed E-state index contributed by atoms with van der Waals surface area (Å²) in [6.07, 6.45) is 6.54. The summed E-state index contributed by atoms with van der Waals surface area (Å²) in [4.78, 5) is 2.57. The van der Waals surface area contributed by atoms with Crippen molar-refractivity contribution in [2.75, 3.05) is 7.05 Å². The standard InChI is InChI=1S/C16H23FN2/c1-19-15-6-3-7-16(19)10-14(9-15)18-11-12-4-2-5-13(17)8-12/h2,4-5,8,14-16,18H,3,6-7,9-11H2,1H3. The Hall–Kier alpha value is -0.930. The van der Waals surface area contributed by atoms with Gasteiger partial charge in [-0.25, -0.2) is 4.39 Å². The Morgan fingerprint density at radius 1 is 1.26 bits per heavy atom. The first-order chi connectivity index (χ1) is 9.22. The van der Waals surface area contributed by atoms with E-state index in [2.05, 4.69) is 17.3 Å². The van der Waals surface area contributed by atoms with Crippen LogP contribution in [0.4, 0.5) is 4.39 Å². The fourth-order valence-electron chi connectivity index (χ4n) is 3.69. The highest BCUT2D eigenvalue weighted by Crippen LogP contribution is 2.32. The Labute approximate surface area is 115 Å². The Morgan fingerprint density at radius 2 is 2.00 bits per heavy atom. The van der Waals surface area contributed by atoms with Gasteiger partial charge in [-0.3, -0.25) is 0 Å². The van der Waals surface area contributed by atoms with Crippen LogP contribution in [0.25, 0.3) is 0 Å². The summed E-state index contributed by atoms with van der Waals surface area (Å²) >= 11 is 0. The van der Waals surface area contributed by atoms with E-state index in [9.17, 15) is 4.39 Å². The summed E-state index contributed by atoms with van der Waals surface area (Å²) in [5.41, 5.74) is 1.05. The van der Waals surface area contributed by atoms with Crippen LogP contribution in [-0.4, -0.2) is 30.1 Å². The van der Waals surface area contributed by atoms with Crippen LogP contribution in [0.1, 0.15) is 37.7 Å². The van der Waals surface area contributed by atoms with Crippen molar-refractivity contribution in [2.24, 2.45) is 0 Å². The van der Waals surface area contributed by atoms with E-state index in [1.165, 1.54) is 38.2 Å². The van der Waals surface area contributed by atoms with Gasteiger partial charge in [-0.1, -0.05) is 18.6 Å². The fraction of sp³-hybridized carbons (Fsp3) is 0.625. The molecule has 19 heavy (non-hydrogen) atoms. The molecular formula is C16H23FN2. The second-order valence-electron chi connectivity index (χ2n) is 6.08. The van der Waals surface area contributed by atoms with E-state index in [1.54, 1.807) is 12.1 Å². The maximum absolute atomic E-state index is 13.1. The Kier molecular flexibility index (Phi) is 3.85. The normalized spacial score (nSPS) is 31.4. The number of hydrogen-bond acceptors (Lipinski definition) is 2. The lowest BCUT2D eigenvalue weighted by atomic mass is 9.82. The average molecular weight is 262 g/mol. The van der Waals surface area contributed by atoms with Crippen molar-refractivity contribution in [2.45, 2.75) is 56.8 Å². The molecule has 0 spiro atoms. The van der Waals surface area contributed by atoms with Gasteiger partial charge in [0.05, 0.1) is 0 Å². The van der Waals surface area contributed by atoms with E-state index in [4.69, 9.17) is 0 Å². The first-order valence-electron chi connectivity index (χ1n) is 7.42. The Balaban J connectivity index is 1.56. The SMILES string of the molecule is CN1C2CCCC1CC(NCc1cccc(F)c1)C2. The van der Waals surface area contributed by atoms with Crippen molar-refractivity contribution in [1.29, 1.82) is 0 Å². The van der Waals surface area contributed by atoms with Gasteiger partial charge in [0.25, 0.3) is 0 Å². The summed E-state index contributed by atoms with van der Waals surface area (Å²) in [6.45, 7) is 0.783. The molecule has 2 saturated heterocycles. The quantitative estimate of drug-likeness (QED) is 0.901. The number of hydrogen-bond donors (Lipinski definition) is 1. The van der Waals surface area contributed by atoms with E-state index < -0.39 is 0 Å². The number of benzene rings is 1. The van der Waals surface area contributed by atoms with Gasteiger partial charge in [-0.2, -0.15) is 0 Å². The van der Waals surface area contributed by atoms with E-state index in [0.29, 0.717) is 6.04 Å². The summed E-state index contributed by atoms with van der Waals surface area (Å²) in [7, 11) is 2.28. The van der Waals surface area contributed by atoms with Crippen LogP contribution in [0.3, 0.4) is 0 Å². The fourth-order valence-corrected chi connectivity index (χ4v) is 3.69. The lowest BCUT2D eigenvalue weighted by Gasteiger charge is -2.47. The molecule has 2 fully saturated rings. The van der Waals surface area contributed by atoms with E-state index in [-0.39, 0.29) is 5.82 Å². The molecule has 2 bridgehead atoms. The average Bonchev–Trinajstić information content (AvgIpc) is 2.37. The van der Waals surface area contributed by atoms with Crippen molar-refractivity contribution in [3.05, 3.63) is 35.6 Å². The number of nitrogens with one attached hydrogen (secondary N) is 1. The summed E-state index contributed by atoms with van der Waals surface area (Å²) in [5, 5.41) is 3.62. The molecule has 0 aliphatic carbocycles. The van der Waals surface area contributed by atoms with Gasteiger partial charge in [-0.15, -0.1) is 0 Å². The Bertz CT molecular complexity index is 421. The number of rotatable bonds is 3. The molecule has 104 valence electrons. The number of halogens is 1. The zero-order valence-electron chi connectivity index (χ0n) is 11.6. The molecule has 3 rings (SSSR count). The van der Waals surface area contributed by atoms with Crippen LogP contribution < -0.4 is 5.32 Å². The van der Waals surface area contributed by atoms with Crippen LogP contribution in [0.15, 0.2) is 24.3 Å². The maximum atomic E-state index is 13.1. The zero-order chi connectivity index (χ0) is 13.2. The van der Waals surface area contributed by atoms with Gasteiger partial charge in [-0.05, 0) is 50.4 Å². The highest BCUT2D eigenvalue weighted by molar-refractivity contribution is 5.16. The minimum atomic E-state index is -0.139. The Morgan fingerprint density at radius 3 is 2.68 bits per heavy atom. The van der Waals surface area contributed by atoms with Crippen molar-refractivity contribution in [1.82, 2.24) is 10.2 Å². The van der Waals surface area contributed by atoms with Crippen LogP contribution in [-0.2, 0) is 6.54 Å². The third kappa shape index (κ3) is 2.98. The monoisotopic (exact) mass is 262 g/mol. The minimum Gasteiger partial charge on any atom is -0.310 e. The molecule has 0 saturated carbocycles.